The molecule has 0 atom stereocenters. The van der Waals surface area contributed by atoms with Gasteiger partial charge in [0.05, 0.1) is 0 Å². The standard InChI is InChI=1S/C18H20O/c1-4-6-15-9-11-16(12-10-15)18(19)17-8-5-7-13(2)14(17)3/h5,7-12H,4,6H2,1-3H3. The zero-order valence-electron chi connectivity index (χ0n) is 11.9. The number of aryl methyl sites for hydroxylation is 2. The molecule has 0 saturated carbocycles. The summed E-state index contributed by atoms with van der Waals surface area (Å²) in [6.45, 7) is 6.21. The van der Waals surface area contributed by atoms with E-state index in [0.717, 1.165) is 35.1 Å². The molecule has 0 spiro atoms. The van der Waals surface area contributed by atoms with Gasteiger partial charge in [0.2, 0.25) is 0 Å². The molecule has 1 heteroatoms. The van der Waals surface area contributed by atoms with Crippen LogP contribution in [0.4, 0.5) is 0 Å². The van der Waals surface area contributed by atoms with Crippen LogP contribution in [0.5, 0.6) is 0 Å². The van der Waals surface area contributed by atoms with Gasteiger partial charge in [0, 0.05) is 11.1 Å². The van der Waals surface area contributed by atoms with E-state index in [1.54, 1.807) is 0 Å². The van der Waals surface area contributed by atoms with Gasteiger partial charge in [-0.3, -0.25) is 4.79 Å². The van der Waals surface area contributed by atoms with Crippen molar-refractivity contribution in [1.82, 2.24) is 0 Å². The quantitative estimate of drug-likeness (QED) is 0.733. The van der Waals surface area contributed by atoms with Crippen LogP contribution in [0, 0.1) is 13.8 Å². The molecule has 0 aliphatic heterocycles. The van der Waals surface area contributed by atoms with Gasteiger partial charge in [0.1, 0.15) is 0 Å². The van der Waals surface area contributed by atoms with E-state index in [1.165, 1.54) is 5.56 Å². The normalized spacial score (nSPS) is 10.5. The molecule has 0 amide bonds. The SMILES string of the molecule is CCCc1ccc(C(=O)c2cccc(C)c2C)cc1. The Hall–Kier alpha value is -1.89. The lowest BCUT2D eigenvalue weighted by Crippen LogP contribution is -2.04. The summed E-state index contributed by atoms with van der Waals surface area (Å²) >= 11 is 0. The number of carbonyl (C=O) groups excluding carboxylic acids is 1. The van der Waals surface area contributed by atoms with Crippen molar-refractivity contribution in [2.45, 2.75) is 33.6 Å². The maximum Gasteiger partial charge on any atom is 0.193 e. The number of ketones is 1. The lowest BCUT2D eigenvalue weighted by molar-refractivity contribution is 0.103. The zero-order chi connectivity index (χ0) is 13.8. The minimum Gasteiger partial charge on any atom is -0.289 e. The van der Waals surface area contributed by atoms with Crippen molar-refractivity contribution in [3.05, 3.63) is 70.3 Å². The van der Waals surface area contributed by atoms with Crippen molar-refractivity contribution < 1.29 is 4.79 Å². The Morgan fingerprint density at radius 2 is 1.68 bits per heavy atom. The molecule has 0 radical (unpaired) electrons. The van der Waals surface area contributed by atoms with E-state index in [1.807, 2.05) is 44.2 Å². The highest BCUT2D eigenvalue weighted by Crippen LogP contribution is 2.18. The summed E-state index contributed by atoms with van der Waals surface area (Å²) in [5.41, 5.74) is 5.11. The maximum atomic E-state index is 12.5. The predicted molar refractivity (Wildman–Crippen MR) is 79.8 cm³/mol. The van der Waals surface area contributed by atoms with E-state index in [-0.39, 0.29) is 5.78 Å². The molecule has 2 aromatic carbocycles. The summed E-state index contributed by atoms with van der Waals surface area (Å²) in [4.78, 5) is 12.5. The summed E-state index contributed by atoms with van der Waals surface area (Å²) in [7, 11) is 0. The number of hydrogen-bond donors (Lipinski definition) is 0. The van der Waals surface area contributed by atoms with Crippen molar-refractivity contribution in [3.8, 4) is 0 Å². The van der Waals surface area contributed by atoms with Crippen LogP contribution in [0.2, 0.25) is 0 Å². The molecule has 0 aliphatic carbocycles. The van der Waals surface area contributed by atoms with Gasteiger partial charge >= 0.3 is 0 Å². The third-order valence-corrected chi connectivity index (χ3v) is 3.60. The number of hydrogen-bond acceptors (Lipinski definition) is 1. The van der Waals surface area contributed by atoms with Gasteiger partial charge in [-0.05, 0) is 37.0 Å². The third-order valence-electron chi connectivity index (χ3n) is 3.60. The zero-order valence-corrected chi connectivity index (χ0v) is 11.9. The van der Waals surface area contributed by atoms with Gasteiger partial charge in [-0.25, -0.2) is 0 Å². The van der Waals surface area contributed by atoms with E-state index in [9.17, 15) is 4.79 Å². The topological polar surface area (TPSA) is 17.1 Å². The first kappa shape index (κ1) is 13.5. The number of carbonyl (C=O) groups is 1. The van der Waals surface area contributed by atoms with Crippen molar-refractivity contribution in [3.63, 3.8) is 0 Å². The first-order chi connectivity index (χ1) is 9.13. The average Bonchev–Trinajstić information content (AvgIpc) is 2.42. The minimum atomic E-state index is 0.115. The van der Waals surface area contributed by atoms with E-state index in [2.05, 4.69) is 19.1 Å². The second-order valence-electron chi connectivity index (χ2n) is 5.02. The second-order valence-corrected chi connectivity index (χ2v) is 5.02. The Labute approximate surface area is 115 Å². The van der Waals surface area contributed by atoms with E-state index in [0.29, 0.717) is 0 Å². The first-order valence-electron chi connectivity index (χ1n) is 6.83. The smallest absolute Gasteiger partial charge is 0.193 e. The van der Waals surface area contributed by atoms with Crippen LogP contribution in [0.1, 0.15) is 46.0 Å². The van der Waals surface area contributed by atoms with Crippen molar-refractivity contribution in [1.29, 1.82) is 0 Å². The van der Waals surface area contributed by atoms with Gasteiger partial charge in [-0.2, -0.15) is 0 Å². The molecule has 0 saturated heterocycles. The van der Waals surface area contributed by atoms with Crippen molar-refractivity contribution >= 4 is 5.78 Å². The molecule has 1 nitrogen and oxygen atoms in total. The van der Waals surface area contributed by atoms with E-state index >= 15 is 0 Å². The maximum absolute atomic E-state index is 12.5. The van der Waals surface area contributed by atoms with Crippen LogP contribution >= 0.6 is 0 Å². The molecular formula is C18H20O. The fraction of sp³-hybridized carbons (Fsp3) is 0.278. The van der Waals surface area contributed by atoms with E-state index in [4.69, 9.17) is 0 Å². The average molecular weight is 252 g/mol. The molecule has 2 rings (SSSR count). The van der Waals surface area contributed by atoms with Gasteiger partial charge in [0.25, 0.3) is 0 Å². The molecule has 19 heavy (non-hydrogen) atoms. The van der Waals surface area contributed by atoms with Crippen LogP contribution in [0.3, 0.4) is 0 Å². The molecule has 98 valence electrons. The molecule has 2 aromatic rings. The molecule has 0 aromatic heterocycles. The highest BCUT2D eigenvalue weighted by molar-refractivity contribution is 6.10. The fourth-order valence-corrected chi connectivity index (χ4v) is 2.26. The summed E-state index contributed by atoms with van der Waals surface area (Å²) in [5.74, 6) is 0.115. The Bertz CT molecular complexity index is 579. The Morgan fingerprint density at radius 1 is 1.00 bits per heavy atom. The first-order valence-corrected chi connectivity index (χ1v) is 6.83. The number of benzene rings is 2. The summed E-state index contributed by atoms with van der Waals surface area (Å²) in [6, 6.07) is 13.9. The molecule has 0 unspecified atom stereocenters. The van der Waals surface area contributed by atoms with Crippen molar-refractivity contribution in [2.24, 2.45) is 0 Å². The van der Waals surface area contributed by atoms with Crippen LogP contribution in [0.25, 0.3) is 0 Å². The lowest BCUT2D eigenvalue weighted by Gasteiger charge is -2.08. The second kappa shape index (κ2) is 5.83. The Balaban J connectivity index is 2.31. The largest absolute Gasteiger partial charge is 0.289 e. The van der Waals surface area contributed by atoms with Crippen LogP contribution in [0.15, 0.2) is 42.5 Å². The Morgan fingerprint density at radius 3 is 2.32 bits per heavy atom. The Kier molecular flexibility index (Phi) is 4.16. The third kappa shape index (κ3) is 2.93. The molecule has 0 fully saturated rings. The lowest BCUT2D eigenvalue weighted by atomic mass is 9.95. The van der Waals surface area contributed by atoms with E-state index < -0.39 is 0 Å². The van der Waals surface area contributed by atoms with Gasteiger partial charge in [0.15, 0.2) is 5.78 Å². The summed E-state index contributed by atoms with van der Waals surface area (Å²) in [6.07, 6.45) is 2.20. The van der Waals surface area contributed by atoms with Gasteiger partial charge < -0.3 is 0 Å². The highest BCUT2D eigenvalue weighted by Gasteiger charge is 2.12. The van der Waals surface area contributed by atoms with Crippen LogP contribution in [-0.4, -0.2) is 5.78 Å². The summed E-state index contributed by atoms with van der Waals surface area (Å²) < 4.78 is 0. The molecule has 0 heterocycles. The highest BCUT2D eigenvalue weighted by atomic mass is 16.1. The predicted octanol–water partition coefficient (Wildman–Crippen LogP) is 4.49. The van der Waals surface area contributed by atoms with Gasteiger partial charge in [-0.15, -0.1) is 0 Å². The minimum absolute atomic E-state index is 0.115. The van der Waals surface area contributed by atoms with Gasteiger partial charge in [-0.1, -0.05) is 55.8 Å². The van der Waals surface area contributed by atoms with Crippen LogP contribution in [-0.2, 0) is 6.42 Å². The molecule has 0 aliphatic rings. The molecular weight excluding hydrogens is 232 g/mol. The molecule has 0 N–H and O–H groups in total. The molecule has 0 bridgehead atoms. The van der Waals surface area contributed by atoms with Crippen LogP contribution < -0.4 is 0 Å². The summed E-state index contributed by atoms with van der Waals surface area (Å²) in [5, 5.41) is 0. The fourth-order valence-electron chi connectivity index (χ4n) is 2.26. The number of rotatable bonds is 4. The monoisotopic (exact) mass is 252 g/mol. The van der Waals surface area contributed by atoms with Crippen molar-refractivity contribution in [2.75, 3.05) is 0 Å².